The number of fused-ring (bicyclic) bond motifs is 1. The van der Waals surface area contributed by atoms with Gasteiger partial charge in [0.15, 0.2) is 0 Å². The number of amides is 1. The highest BCUT2D eigenvalue weighted by Crippen LogP contribution is 2.39. The Morgan fingerprint density at radius 1 is 1.02 bits per heavy atom. The molecule has 1 atom stereocenters. The summed E-state index contributed by atoms with van der Waals surface area (Å²) in [6.45, 7) is 10.6. The predicted molar refractivity (Wildman–Crippen MR) is 154 cm³/mol. The van der Waals surface area contributed by atoms with Gasteiger partial charge in [-0.1, -0.05) is 35.9 Å². The zero-order valence-electron chi connectivity index (χ0n) is 23.3. The number of ether oxygens (including phenoxy) is 1. The molecule has 4 aromatic rings. The van der Waals surface area contributed by atoms with Gasteiger partial charge < -0.3 is 14.5 Å². The quantitative estimate of drug-likeness (QED) is 0.310. The molecule has 1 fully saturated rings. The lowest BCUT2D eigenvalue weighted by molar-refractivity contribution is 0.0218. The number of piperazine rings is 1. The van der Waals surface area contributed by atoms with Crippen LogP contribution in [-0.2, 0) is 14.8 Å². The molecule has 0 N–H and O–H groups in total. The first-order valence-corrected chi connectivity index (χ1v) is 14.6. The van der Waals surface area contributed by atoms with Crippen LogP contribution in [0.15, 0.2) is 71.9 Å². The molecule has 0 bridgehead atoms. The van der Waals surface area contributed by atoms with Gasteiger partial charge in [0.05, 0.1) is 15.8 Å². The van der Waals surface area contributed by atoms with Crippen molar-refractivity contribution in [1.29, 1.82) is 0 Å². The number of carbonyl (C=O) groups excluding carboxylic acids is 1. The fourth-order valence-corrected chi connectivity index (χ4v) is 6.39. The molecule has 0 unspecified atom stereocenters. The molecule has 1 saturated heterocycles. The Labute approximate surface area is 234 Å². The standard InChI is InChI=1S/C30H33FN4O4S/c1-20-10-12-22(13-11-20)40(37,38)35-19-24(23-8-6-7-9-25(23)31)27-26(35)14-15-32-28(27)34-17-16-33(18-21(34)2)29(36)39-30(3,4)5/h6-15,19,21H,16-18H2,1-5H3/t21-/m0/s1. The summed E-state index contributed by atoms with van der Waals surface area (Å²) in [4.78, 5) is 21.2. The lowest BCUT2D eigenvalue weighted by atomic mass is 10.0. The van der Waals surface area contributed by atoms with Crippen molar-refractivity contribution >= 4 is 32.8 Å². The van der Waals surface area contributed by atoms with Crippen LogP contribution in [-0.4, -0.2) is 59.6 Å². The monoisotopic (exact) mass is 564 g/mol. The molecule has 210 valence electrons. The van der Waals surface area contributed by atoms with Gasteiger partial charge in [0.25, 0.3) is 10.0 Å². The van der Waals surface area contributed by atoms with E-state index in [1.54, 1.807) is 59.6 Å². The molecule has 8 nitrogen and oxygen atoms in total. The average Bonchev–Trinajstić information content (AvgIpc) is 3.29. The summed E-state index contributed by atoms with van der Waals surface area (Å²) >= 11 is 0. The number of hydrogen-bond acceptors (Lipinski definition) is 6. The molecule has 2 aromatic carbocycles. The largest absolute Gasteiger partial charge is 0.444 e. The van der Waals surface area contributed by atoms with Crippen molar-refractivity contribution in [2.45, 2.75) is 51.2 Å². The number of aryl methyl sites for hydroxylation is 1. The molecular weight excluding hydrogens is 531 g/mol. The Bertz CT molecular complexity index is 1680. The Hall–Kier alpha value is -3.92. The third kappa shape index (κ3) is 5.15. The zero-order valence-corrected chi connectivity index (χ0v) is 24.1. The molecule has 1 aliphatic heterocycles. The summed E-state index contributed by atoms with van der Waals surface area (Å²) in [5, 5.41) is 0.529. The van der Waals surface area contributed by atoms with Crippen LogP contribution in [0.4, 0.5) is 15.0 Å². The predicted octanol–water partition coefficient (Wildman–Crippen LogP) is 5.83. The van der Waals surface area contributed by atoms with Crippen molar-refractivity contribution in [2.75, 3.05) is 24.5 Å². The van der Waals surface area contributed by atoms with E-state index in [-0.39, 0.29) is 22.6 Å². The van der Waals surface area contributed by atoms with Crippen molar-refractivity contribution in [3.63, 3.8) is 0 Å². The second-order valence-corrected chi connectivity index (χ2v) is 12.9. The van der Waals surface area contributed by atoms with Crippen LogP contribution in [0.25, 0.3) is 22.0 Å². The van der Waals surface area contributed by atoms with E-state index in [9.17, 15) is 13.2 Å². The van der Waals surface area contributed by atoms with E-state index < -0.39 is 21.4 Å². The summed E-state index contributed by atoms with van der Waals surface area (Å²) in [7, 11) is -4.00. The maximum atomic E-state index is 15.2. The van der Waals surface area contributed by atoms with Gasteiger partial charge >= 0.3 is 6.09 Å². The topological polar surface area (TPSA) is 84.7 Å². The van der Waals surface area contributed by atoms with Gasteiger partial charge in [-0.25, -0.2) is 26.6 Å². The van der Waals surface area contributed by atoms with Crippen LogP contribution in [0.2, 0.25) is 0 Å². The van der Waals surface area contributed by atoms with Crippen LogP contribution in [0, 0.1) is 12.7 Å². The molecule has 40 heavy (non-hydrogen) atoms. The number of rotatable bonds is 4. The fourth-order valence-electron chi connectivity index (χ4n) is 5.02. The van der Waals surface area contributed by atoms with Crippen LogP contribution < -0.4 is 4.90 Å². The summed E-state index contributed by atoms with van der Waals surface area (Å²) in [6, 6.07) is 14.4. The van der Waals surface area contributed by atoms with E-state index in [4.69, 9.17) is 4.74 Å². The first-order chi connectivity index (χ1) is 18.9. The number of hydrogen-bond donors (Lipinski definition) is 0. The maximum absolute atomic E-state index is 15.2. The van der Waals surface area contributed by atoms with Gasteiger partial charge in [-0.15, -0.1) is 0 Å². The van der Waals surface area contributed by atoms with Gasteiger partial charge in [-0.2, -0.15) is 0 Å². The van der Waals surface area contributed by atoms with E-state index in [0.29, 0.717) is 41.9 Å². The highest BCUT2D eigenvalue weighted by atomic mass is 32.2. The van der Waals surface area contributed by atoms with Crippen LogP contribution in [0.3, 0.4) is 0 Å². The van der Waals surface area contributed by atoms with Crippen molar-refractivity contribution in [3.8, 4) is 11.1 Å². The van der Waals surface area contributed by atoms with Gasteiger partial charge in [0, 0.05) is 49.2 Å². The first-order valence-electron chi connectivity index (χ1n) is 13.2. The number of anilines is 1. The van der Waals surface area contributed by atoms with Crippen molar-refractivity contribution in [2.24, 2.45) is 0 Å². The summed E-state index contributed by atoms with van der Waals surface area (Å²) in [5.74, 6) is 0.0665. The highest BCUT2D eigenvalue weighted by molar-refractivity contribution is 7.90. The minimum Gasteiger partial charge on any atom is -0.444 e. The normalized spacial score (nSPS) is 16.4. The third-order valence-corrected chi connectivity index (χ3v) is 8.64. The number of aromatic nitrogens is 2. The second-order valence-electron chi connectivity index (χ2n) is 11.1. The van der Waals surface area contributed by atoms with Crippen LogP contribution >= 0.6 is 0 Å². The minimum absolute atomic E-state index is 0.132. The van der Waals surface area contributed by atoms with Crippen LogP contribution in [0.5, 0.6) is 0 Å². The first kappa shape index (κ1) is 27.6. The lowest BCUT2D eigenvalue weighted by Gasteiger charge is -2.41. The molecule has 0 aliphatic carbocycles. The highest BCUT2D eigenvalue weighted by Gasteiger charge is 2.33. The van der Waals surface area contributed by atoms with E-state index in [0.717, 1.165) is 5.56 Å². The van der Waals surface area contributed by atoms with Gasteiger partial charge in [-0.3, -0.25) is 0 Å². The van der Waals surface area contributed by atoms with Crippen molar-refractivity contribution < 1.29 is 22.3 Å². The molecule has 1 amide bonds. The molecule has 5 rings (SSSR count). The minimum atomic E-state index is -4.00. The Kier molecular flexibility index (Phi) is 7.08. The molecule has 1 aliphatic rings. The summed E-state index contributed by atoms with van der Waals surface area (Å²) in [6.07, 6.45) is 2.66. The van der Waals surface area contributed by atoms with Gasteiger partial charge in [-0.05, 0) is 58.9 Å². The number of benzene rings is 2. The second kappa shape index (κ2) is 10.2. The number of carbonyl (C=O) groups is 1. The van der Waals surface area contributed by atoms with Crippen molar-refractivity contribution in [3.05, 3.63) is 78.4 Å². The van der Waals surface area contributed by atoms with Gasteiger partial charge in [0.2, 0.25) is 0 Å². The zero-order chi connectivity index (χ0) is 28.8. The van der Waals surface area contributed by atoms with Crippen LogP contribution in [0.1, 0.15) is 33.3 Å². The molecule has 0 radical (unpaired) electrons. The molecule has 10 heteroatoms. The number of pyridine rings is 1. The number of halogens is 1. The molecule has 3 heterocycles. The Balaban J connectivity index is 1.63. The molecule has 2 aromatic heterocycles. The number of nitrogens with zero attached hydrogens (tertiary/aromatic N) is 4. The fraction of sp³-hybridized carbons (Fsp3) is 0.333. The van der Waals surface area contributed by atoms with E-state index >= 15 is 4.39 Å². The van der Waals surface area contributed by atoms with Crippen molar-refractivity contribution in [1.82, 2.24) is 13.9 Å². The van der Waals surface area contributed by atoms with E-state index in [1.165, 1.54) is 16.2 Å². The SMILES string of the molecule is Cc1ccc(S(=O)(=O)n2cc(-c3ccccc3F)c3c(N4CCN(C(=O)OC(C)(C)C)C[C@@H]4C)nccc32)cc1. The average molecular weight is 565 g/mol. The Morgan fingerprint density at radius 2 is 1.73 bits per heavy atom. The maximum Gasteiger partial charge on any atom is 0.410 e. The van der Waals surface area contributed by atoms with E-state index in [1.807, 2.05) is 39.5 Å². The van der Waals surface area contributed by atoms with E-state index in [2.05, 4.69) is 4.98 Å². The smallest absolute Gasteiger partial charge is 0.410 e. The molecule has 0 spiro atoms. The summed E-state index contributed by atoms with van der Waals surface area (Å²) in [5.41, 5.74) is 1.43. The summed E-state index contributed by atoms with van der Waals surface area (Å²) < 4.78 is 49.6. The molecule has 0 saturated carbocycles. The third-order valence-electron chi connectivity index (χ3n) is 6.96. The lowest BCUT2D eigenvalue weighted by Crippen LogP contribution is -2.54. The Morgan fingerprint density at radius 3 is 2.38 bits per heavy atom. The van der Waals surface area contributed by atoms with Gasteiger partial charge in [0.1, 0.15) is 17.2 Å². The molecular formula is C30H33FN4O4S.